The van der Waals surface area contributed by atoms with Crippen LogP contribution in [-0.4, -0.2) is 18.1 Å². The van der Waals surface area contributed by atoms with Gasteiger partial charge in [0, 0.05) is 42.8 Å². The summed E-state index contributed by atoms with van der Waals surface area (Å²) in [6, 6.07) is 2.81. The van der Waals surface area contributed by atoms with Gasteiger partial charge < -0.3 is 10.6 Å². The normalized spacial score (nSPS) is 24.0. The Hall–Kier alpha value is -1.09. The Bertz CT molecular complexity index is 403. The van der Waals surface area contributed by atoms with Crippen LogP contribution in [0.5, 0.6) is 0 Å². The van der Waals surface area contributed by atoms with Gasteiger partial charge in [-0.25, -0.2) is 0 Å². The molecule has 0 aliphatic heterocycles. The Morgan fingerprint density at radius 1 is 1.39 bits per heavy atom. The summed E-state index contributed by atoms with van der Waals surface area (Å²) in [4.78, 5) is 6.78. The molecule has 0 amide bonds. The van der Waals surface area contributed by atoms with E-state index in [0.29, 0.717) is 12.6 Å². The molecule has 0 saturated heterocycles. The lowest BCUT2D eigenvalue weighted by Crippen LogP contribution is -2.39. The summed E-state index contributed by atoms with van der Waals surface area (Å²) in [5.74, 6) is 0.767. The van der Waals surface area contributed by atoms with Crippen LogP contribution in [0.2, 0.25) is 0 Å². The van der Waals surface area contributed by atoms with Gasteiger partial charge in [-0.05, 0) is 31.7 Å². The van der Waals surface area contributed by atoms with E-state index in [2.05, 4.69) is 29.9 Å². The Balaban J connectivity index is 2.26. The third kappa shape index (κ3) is 2.66. The second-order valence-corrected chi connectivity index (χ2v) is 5.60. The highest BCUT2D eigenvalue weighted by Crippen LogP contribution is 2.31. The molecule has 2 N–H and O–H groups in total. The molecule has 0 spiro atoms. The van der Waals surface area contributed by atoms with Crippen molar-refractivity contribution in [1.29, 1.82) is 0 Å². The van der Waals surface area contributed by atoms with Crippen LogP contribution in [0.25, 0.3) is 0 Å². The number of nitrogens with zero attached hydrogens (tertiary/aromatic N) is 2. The predicted octanol–water partition coefficient (Wildman–Crippen LogP) is 2.86. The minimum atomic E-state index is 0.564. The van der Waals surface area contributed by atoms with Crippen molar-refractivity contribution < 1.29 is 0 Å². The maximum absolute atomic E-state index is 5.84. The van der Waals surface area contributed by atoms with Crippen molar-refractivity contribution in [2.24, 2.45) is 11.7 Å². The van der Waals surface area contributed by atoms with Crippen molar-refractivity contribution >= 4 is 5.69 Å². The van der Waals surface area contributed by atoms with Crippen molar-refractivity contribution in [2.75, 3.05) is 11.9 Å². The first-order chi connectivity index (χ1) is 8.63. The zero-order valence-corrected chi connectivity index (χ0v) is 11.8. The first kappa shape index (κ1) is 13.3. The zero-order chi connectivity index (χ0) is 13.1. The van der Waals surface area contributed by atoms with E-state index in [1.165, 1.54) is 31.4 Å². The molecule has 2 unspecified atom stereocenters. The predicted molar refractivity (Wildman–Crippen MR) is 76.7 cm³/mol. The van der Waals surface area contributed by atoms with Crippen LogP contribution in [0.3, 0.4) is 0 Å². The standard InChI is InChI=1S/C15H25N3/c1-11-6-4-5-7-14(11)18(3)15-8-12(2)17-10-13(15)9-16/h8,10-11,14H,4-7,9,16H2,1-3H3. The molecule has 0 aromatic carbocycles. The van der Waals surface area contributed by atoms with Gasteiger partial charge in [0.1, 0.15) is 0 Å². The van der Waals surface area contributed by atoms with Gasteiger partial charge in [-0.2, -0.15) is 0 Å². The molecule has 2 atom stereocenters. The highest BCUT2D eigenvalue weighted by Gasteiger charge is 2.26. The first-order valence-electron chi connectivity index (χ1n) is 7.02. The van der Waals surface area contributed by atoms with E-state index in [1.807, 2.05) is 13.1 Å². The molecular weight excluding hydrogens is 222 g/mol. The van der Waals surface area contributed by atoms with E-state index >= 15 is 0 Å². The van der Waals surface area contributed by atoms with E-state index in [9.17, 15) is 0 Å². The van der Waals surface area contributed by atoms with Crippen LogP contribution in [0.15, 0.2) is 12.3 Å². The monoisotopic (exact) mass is 247 g/mol. The summed E-state index contributed by atoms with van der Waals surface area (Å²) in [7, 11) is 2.21. The third-order valence-electron chi connectivity index (χ3n) is 4.26. The number of aromatic nitrogens is 1. The molecule has 1 aliphatic rings. The fourth-order valence-electron chi connectivity index (χ4n) is 3.11. The second kappa shape index (κ2) is 5.70. The van der Waals surface area contributed by atoms with Crippen molar-refractivity contribution in [3.05, 3.63) is 23.5 Å². The molecule has 1 aliphatic carbocycles. The fraction of sp³-hybridized carbons (Fsp3) is 0.667. The summed E-state index contributed by atoms with van der Waals surface area (Å²) in [6.07, 6.45) is 7.29. The van der Waals surface area contributed by atoms with Crippen LogP contribution < -0.4 is 10.6 Å². The van der Waals surface area contributed by atoms with Gasteiger partial charge in [-0.1, -0.05) is 19.8 Å². The molecule has 1 aromatic rings. The summed E-state index contributed by atoms with van der Waals surface area (Å²) < 4.78 is 0. The lowest BCUT2D eigenvalue weighted by molar-refractivity contribution is 0.321. The van der Waals surface area contributed by atoms with Crippen molar-refractivity contribution in [1.82, 2.24) is 4.98 Å². The number of nitrogens with two attached hydrogens (primary N) is 1. The molecule has 1 fully saturated rings. The van der Waals surface area contributed by atoms with Gasteiger partial charge in [0.25, 0.3) is 0 Å². The minimum Gasteiger partial charge on any atom is -0.371 e. The molecular formula is C15H25N3. The fourth-order valence-corrected chi connectivity index (χ4v) is 3.11. The number of hydrogen-bond donors (Lipinski definition) is 1. The summed E-state index contributed by atoms with van der Waals surface area (Å²) in [5.41, 5.74) is 9.32. The number of hydrogen-bond acceptors (Lipinski definition) is 3. The number of anilines is 1. The second-order valence-electron chi connectivity index (χ2n) is 5.60. The molecule has 1 aromatic heterocycles. The molecule has 3 heteroatoms. The van der Waals surface area contributed by atoms with E-state index < -0.39 is 0 Å². The van der Waals surface area contributed by atoms with Crippen LogP contribution in [0.4, 0.5) is 5.69 Å². The maximum Gasteiger partial charge on any atom is 0.0445 e. The Morgan fingerprint density at radius 2 is 2.11 bits per heavy atom. The van der Waals surface area contributed by atoms with Crippen molar-refractivity contribution in [3.8, 4) is 0 Å². The number of rotatable bonds is 3. The quantitative estimate of drug-likeness (QED) is 0.893. The van der Waals surface area contributed by atoms with E-state index in [0.717, 1.165) is 17.2 Å². The maximum atomic E-state index is 5.84. The average Bonchev–Trinajstić information content (AvgIpc) is 2.38. The first-order valence-corrected chi connectivity index (χ1v) is 7.02. The van der Waals surface area contributed by atoms with Gasteiger partial charge in [-0.15, -0.1) is 0 Å². The smallest absolute Gasteiger partial charge is 0.0445 e. The Morgan fingerprint density at radius 3 is 2.78 bits per heavy atom. The highest BCUT2D eigenvalue weighted by atomic mass is 15.1. The molecule has 0 radical (unpaired) electrons. The third-order valence-corrected chi connectivity index (χ3v) is 4.26. The summed E-state index contributed by atoms with van der Waals surface area (Å²) in [5, 5.41) is 0. The largest absolute Gasteiger partial charge is 0.371 e. The number of pyridine rings is 1. The molecule has 100 valence electrons. The van der Waals surface area contributed by atoms with Gasteiger partial charge >= 0.3 is 0 Å². The van der Waals surface area contributed by atoms with Crippen LogP contribution in [0, 0.1) is 12.8 Å². The van der Waals surface area contributed by atoms with Crippen molar-refractivity contribution in [3.63, 3.8) is 0 Å². The van der Waals surface area contributed by atoms with Crippen LogP contribution in [-0.2, 0) is 6.54 Å². The Labute approximate surface area is 110 Å². The minimum absolute atomic E-state index is 0.564. The van der Waals surface area contributed by atoms with Crippen LogP contribution in [0.1, 0.15) is 43.9 Å². The van der Waals surface area contributed by atoms with E-state index in [-0.39, 0.29) is 0 Å². The van der Waals surface area contributed by atoms with E-state index in [4.69, 9.17) is 5.73 Å². The lowest BCUT2D eigenvalue weighted by Gasteiger charge is -2.38. The van der Waals surface area contributed by atoms with Gasteiger partial charge in [0.05, 0.1) is 0 Å². The zero-order valence-electron chi connectivity index (χ0n) is 11.8. The SMILES string of the molecule is Cc1cc(N(C)C2CCCCC2C)c(CN)cn1. The topological polar surface area (TPSA) is 42.1 Å². The van der Waals surface area contributed by atoms with Gasteiger partial charge in [-0.3, -0.25) is 4.98 Å². The molecule has 2 rings (SSSR count). The van der Waals surface area contributed by atoms with Gasteiger partial charge in [0.2, 0.25) is 0 Å². The van der Waals surface area contributed by atoms with E-state index in [1.54, 1.807) is 0 Å². The lowest BCUT2D eigenvalue weighted by atomic mass is 9.84. The summed E-state index contributed by atoms with van der Waals surface area (Å²) in [6.45, 7) is 4.98. The Kier molecular flexibility index (Phi) is 4.23. The van der Waals surface area contributed by atoms with Gasteiger partial charge in [0.15, 0.2) is 0 Å². The highest BCUT2D eigenvalue weighted by molar-refractivity contribution is 5.54. The van der Waals surface area contributed by atoms with Crippen LogP contribution >= 0.6 is 0 Å². The number of aryl methyl sites for hydroxylation is 1. The van der Waals surface area contributed by atoms with Crippen molar-refractivity contribution in [2.45, 2.75) is 52.1 Å². The molecule has 1 heterocycles. The molecule has 3 nitrogen and oxygen atoms in total. The summed E-state index contributed by atoms with van der Waals surface area (Å²) >= 11 is 0. The molecule has 1 saturated carbocycles. The molecule has 0 bridgehead atoms. The molecule has 18 heavy (non-hydrogen) atoms. The average molecular weight is 247 g/mol.